The van der Waals surface area contributed by atoms with Gasteiger partial charge in [0.2, 0.25) is 0 Å². The Morgan fingerprint density at radius 2 is 2.23 bits per heavy atom. The standard InChI is InChI=1S/C19H16Cl2N4O4S/c1-2-29-14(26)8-25-12-4-3-5-22-9(12)6-11(19(25)28)24-18(27)10-7-13-16(23-10)15(20)17(21)30-13/h3-5,7,11,23H,2,6,8H2,1H3,(H,24,27). The van der Waals surface area contributed by atoms with Crippen LogP contribution in [0.15, 0.2) is 24.4 Å². The Hall–Kier alpha value is -2.62. The van der Waals surface area contributed by atoms with Crippen molar-refractivity contribution in [2.75, 3.05) is 18.1 Å². The Balaban J connectivity index is 1.58. The number of esters is 1. The van der Waals surface area contributed by atoms with E-state index in [9.17, 15) is 14.4 Å². The van der Waals surface area contributed by atoms with E-state index in [0.717, 1.165) is 4.70 Å². The van der Waals surface area contributed by atoms with Crippen LogP contribution in [0.25, 0.3) is 10.2 Å². The summed E-state index contributed by atoms with van der Waals surface area (Å²) in [7, 11) is 0. The molecule has 0 aliphatic carbocycles. The monoisotopic (exact) mass is 466 g/mol. The number of nitrogens with one attached hydrogen (secondary N) is 2. The van der Waals surface area contributed by atoms with Crippen molar-refractivity contribution in [2.45, 2.75) is 19.4 Å². The van der Waals surface area contributed by atoms with Crippen LogP contribution in [0.1, 0.15) is 23.1 Å². The number of hydrogen-bond acceptors (Lipinski definition) is 6. The maximum absolute atomic E-state index is 13.0. The number of aromatic nitrogens is 2. The van der Waals surface area contributed by atoms with Crippen LogP contribution in [-0.2, 0) is 20.7 Å². The normalized spacial score (nSPS) is 15.9. The summed E-state index contributed by atoms with van der Waals surface area (Å²) in [5.74, 6) is -1.42. The summed E-state index contributed by atoms with van der Waals surface area (Å²) >= 11 is 13.4. The van der Waals surface area contributed by atoms with Crippen LogP contribution >= 0.6 is 34.5 Å². The molecule has 3 aromatic rings. The second-order valence-corrected chi connectivity index (χ2v) is 8.57. The fourth-order valence-corrected chi connectivity index (χ4v) is 4.79. The lowest BCUT2D eigenvalue weighted by Gasteiger charge is -2.33. The minimum Gasteiger partial charge on any atom is -0.465 e. The van der Waals surface area contributed by atoms with Crippen molar-refractivity contribution in [1.29, 1.82) is 0 Å². The maximum Gasteiger partial charge on any atom is 0.326 e. The number of halogens is 2. The van der Waals surface area contributed by atoms with Gasteiger partial charge in [-0.05, 0) is 25.1 Å². The van der Waals surface area contributed by atoms with E-state index in [1.807, 2.05) is 0 Å². The summed E-state index contributed by atoms with van der Waals surface area (Å²) in [4.78, 5) is 46.3. The van der Waals surface area contributed by atoms with Crippen molar-refractivity contribution in [3.05, 3.63) is 45.1 Å². The molecular weight excluding hydrogens is 451 g/mol. The lowest BCUT2D eigenvalue weighted by Crippen LogP contribution is -2.54. The van der Waals surface area contributed by atoms with Crippen LogP contribution in [0.4, 0.5) is 5.69 Å². The van der Waals surface area contributed by atoms with Crippen LogP contribution in [0.2, 0.25) is 9.36 Å². The van der Waals surface area contributed by atoms with Crippen molar-refractivity contribution < 1.29 is 19.1 Å². The van der Waals surface area contributed by atoms with E-state index < -0.39 is 23.8 Å². The predicted octanol–water partition coefficient (Wildman–Crippen LogP) is 3.18. The van der Waals surface area contributed by atoms with Gasteiger partial charge in [-0.1, -0.05) is 23.2 Å². The van der Waals surface area contributed by atoms with E-state index in [0.29, 0.717) is 26.3 Å². The van der Waals surface area contributed by atoms with E-state index in [1.54, 1.807) is 31.3 Å². The minimum atomic E-state index is -0.880. The van der Waals surface area contributed by atoms with E-state index in [1.165, 1.54) is 16.2 Å². The van der Waals surface area contributed by atoms with Gasteiger partial charge in [0.15, 0.2) is 0 Å². The highest BCUT2D eigenvalue weighted by atomic mass is 35.5. The van der Waals surface area contributed by atoms with Gasteiger partial charge in [-0.15, -0.1) is 11.3 Å². The molecule has 4 heterocycles. The SMILES string of the molecule is CCOC(=O)CN1C(=O)C(NC(=O)c2cc3sc(Cl)c(Cl)c3[nH]2)Cc2ncccc21. The first kappa shape index (κ1) is 20.6. The van der Waals surface area contributed by atoms with Crippen LogP contribution in [0.5, 0.6) is 0 Å². The molecule has 8 nitrogen and oxygen atoms in total. The molecule has 0 saturated heterocycles. The smallest absolute Gasteiger partial charge is 0.326 e. The predicted molar refractivity (Wildman–Crippen MR) is 114 cm³/mol. The van der Waals surface area contributed by atoms with Crippen LogP contribution < -0.4 is 10.2 Å². The quantitative estimate of drug-likeness (QED) is 0.561. The highest BCUT2D eigenvalue weighted by Gasteiger charge is 2.36. The van der Waals surface area contributed by atoms with Gasteiger partial charge in [-0.3, -0.25) is 24.3 Å². The maximum atomic E-state index is 13.0. The fourth-order valence-electron chi connectivity index (χ4n) is 3.31. The molecule has 11 heteroatoms. The number of anilines is 1. The van der Waals surface area contributed by atoms with Crippen molar-refractivity contribution in [3.8, 4) is 0 Å². The van der Waals surface area contributed by atoms with Gasteiger partial charge in [0, 0.05) is 12.6 Å². The molecule has 156 valence electrons. The third kappa shape index (κ3) is 3.76. The Kier molecular flexibility index (Phi) is 5.68. The number of pyridine rings is 1. The summed E-state index contributed by atoms with van der Waals surface area (Å²) in [6, 6.07) is 4.14. The zero-order valence-corrected chi connectivity index (χ0v) is 18.0. The summed E-state index contributed by atoms with van der Waals surface area (Å²) in [5, 5.41) is 3.07. The van der Waals surface area contributed by atoms with Gasteiger partial charge in [0.1, 0.15) is 22.6 Å². The van der Waals surface area contributed by atoms with Gasteiger partial charge < -0.3 is 15.0 Å². The Morgan fingerprint density at radius 1 is 1.43 bits per heavy atom. The number of amides is 2. The molecule has 0 saturated carbocycles. The number of H-pyrrole nitrogens is 1. The third-order valence-electron chi connectivity index (χ3n) is 4.63. The number of nitrogens with zero attached hydrogens (tertiary/aromatic N) is 2. The topological polar surface area (TPSA) is 104 Å². The molecule has 2 amide bonds. The zero-order valence-electron chi connectivity index (χ0n) is 15.7. The molecule has 30 heavy (non-hydrogen) atoms. The summed E-state index contributed by atoms with van der Waals surface area (Å²) in [5.41, 5.74) is 1.96. The first-order valence-corrected chi connectivity index (χ1v) is 10.6. The van der Waals surface area contributed by atoms with Gasteiger partial charge in [-0.25, -0.2) is 0 Å². The zero-order chi connectivity index (χ0) is 21.4. The number of ether oxygens (including phenoxy) is 1. The summed E-state index contributed by atoms with van der Waals surface area (Å²) in [6.07, 6.45) is 1.81. The lowest BCUT2D eigenvalue weighted by molar-refractivity contribution is -0.142. The molecule has 3 aromatic heterocycles. The van der Waals surface area contributed by atoms with Gasteiger partial charge in [0.05, 0.1) is 33.2 Å². The molecule has 0 radical (unpaired) electrons. The number of hydrogen-bond donors (Lipinski definition) is 2. The number of rotatable bonds is 5. The number of thiophene rings is 1. The Bertz CT molecular complexity index is 1160. The average molecular weight is 467 g/mol. The number of carbonyl (C=O) groups is 3. The van der Waals surface area contributed by atoms with Crippen LogP contribution in [-0.4, -0.2) is 46.9 Å². The molecule has 2 N–H and O–H groups in total. The van der Waals surface area contributed by atoms with E-state index in [2.05, 4.69) is 15.3 Å². The van der Waals surface area contributed by atoms with Crippen molar-refractivity contribution in [1.82, 2.24) is 15.3 Å². The highest BCUT2D eigenvalue weighted by Crippen LogP contribution is 2.38. The van der Waals surface area contributed by atoms with Gasteiger partial charge in [0.25, 0.3) is 11.8 Å². The van der Waals surface area contributed by atoms with Crippen LogP contribution in [0.3, 0.4) is 0 Å². The molecule has 1 aliphatic rings. The number of carbonyl (C=O) groups excluding carboxylic acids is 3. The van der Waals surface area contributed by atoms with E-state index in [4.69, 9.17) is 27.9 Å². The molecule has 0 aromatic carbocycles. The van der Waals surface area contributed by atoms with Gasteiger partial charge >= 0.3 is 5.97 Å². The highest BCUT2D eigenvalue weighted by molar-refractivity contribution is 7.23. The average Bonchev–Trinajstić information content (AvgIpc) is 3.24. The van der Waals surface area contributed by atoms with Crippen molar-refractivity contribution in [2.24, 2.45) is 0 Å². The Labute approximate surface area is 185 Å². The van der Waals surface area contributed by atoms with E-state index >= 15 is 0 Å². The first-order chi connectivity index (χ1) is 14.4. The summed E-state index contributed by atoms with van der Waals surface area (Å²) in [6.45, 7) is 1.64. The van der Waals surface area contributed by atoms with Gasteiger partial charge in [-0.2, -0.15) is 0 Å². The van der Waals surface area contributed by atoms with Crippen molar-refractivity contribution >= 4 is 68.2 Å². The summed E-state index contributed by atoms with van der Waals surface area (Å²) < 4.78 is 6.14. The molecule has 0 fully saturated rings. The molecule has 1 atom stereocenters. The molecular formula is C19H16Cl2N4O4S. The minimum absolute atomic E-state index is 0.206. The number of aromatic amines is 1. The third-order valence-corrected chi connectivity index (χ3v) is 6.57. The first-order valence-electron chi connectivity index (χ1n) is 9.07. The second kappa shape index (κ2) is 8.25. The van der Waals surface area contributed by atoms with E-state index in [-0.39, 0.29) is 25.3 Å². The largest absolute Gasteiger partial charge is 0.465 e. The lowest BCUT2D eigenvalue weighted by atomic mass is 10.0. The molecule has 1 unspecified atom stereocenters. The fraction of sp³-hybridized carbons (Fsp3) is 0.263. The van der Waals surface area contributed by atoms with Crippen molar-refractivity contribution in [3.63, 3.8) is 0 Å². The molecule has 4 rings (SSSR count). The molecule has 0 spiro atoms. The second-order valence-electron chi connectivity index (χ2n) is 6.54. The number of fused-ring (bicyclic) bond motifs is 2. The molecule has 0 bridgehead atoms. The van der Waals surface area contributed by atoms with Crippen LogP contribution in [0, 0.1) is 0 Å². The molecule has 1 aliphatic heterocycles. The Morgan fingerprint density at radius 3 is 2.97 bits per heavy atom.